The summed E-state index contributed by atoms with van der Waals surface area (Å²) in [6, 6.07) is 14.9. The average molecular weight is 354 g/mol. The Morgan fingerprint density at radius 2 is 1.77 bits per heavy atom. The number of benzene rings is 2. The molecule has 3 nitrogen and oxygen atoms in total. The van der Waals surface area contributed by atoms with Crippen LogP contribution in [0.1, 0.15) is 48.0 Å². The minimum Gasteiger partial charge on any atom is -0.382 e. The Hall–Kier alpha value is -2.36. The van der Waals surface area contributed by atoms with Gasteiger partial charge in [-0.1, -0.05) is 49.6 Å². The zero-order chi connectivity index (χ0) is 18.4. The second kappa shape index (κ2) is 8.84. The minimum atomic E-state index is -0.215. The summed E-state index contributed by atoms with van der Waals surface area (Å²) >= 11 is 0. The SMILES string of the molecule is CN(CCc1ccccc1F)C(=O)c1ccccc1NC1CCCCC1. The van der Waals surface area contributed by atoms with Gasteiger partial charge in [-0.15, -0.1) is 0 Å². The van der Waals surface area contributed by atoms with Crippen molar-refractivity contribution in [2.75, 3.05) is 18.9 Å². The van der Waals surface area contributed by atoms with Gasteiger partial charge in [0.2, 0.25) is 0 Å². The summed E-state index contributed by atoms with van der Waals surface area (Å²) in [5.41, 5.74) is 2.23. The number of likely N-dealkylation sites (N-methyl/N-ethyl adjacent to an activating group) is 1. The highest BCUT2D eigenvalue weighted by Gasteiger charge is 2.19. The molecule has 0 bridgehead atoms. The largest absolute Gasteiger partial charge is 0.382 e. The highest BCUT2D eigenvalue weighted by atomic mass is 19.1. The van der Waals surface area contributed by atoms with Crippen LogP contribution in [0.2, 0.25) is 0 Å². The summed E-state index contributed by atoms with van der Waals surface area (Å²) in [5, 5.41) is 3.56. The van der Waals surface area contributed by atoms with E-state index in [-0.39, 0.29) is 11.7 Å². The number of carbonyl (C=O) groups excluding carboxylic acids is 1. The Kier molecular flexibility index (Phi) is 6.26. The van der Waals surface area contributed by atoms with E-state index < -0.39 is 0 Å². The molecule has 138 valence electrons. The number of halogens is 1. The van der Waals surface area contributed by atoms with Crippen LogP contribution in [-0.4, -0.2) is 30.4 Å². The van der Waals surface area contributed by atoms with Crippen molar-refractivity contribution >= 4 is 11.6 Å². The first-order valence-corrected chi connectivity index (χ1v) is 9.49. The van der Waals surface area contributed by atoms with Gasteiger partial charge in [0.25, 0.3) is 5.91 Å². The Morgan fingerprint density at radius 1 is 1.08 bits per heavy atom. The van der Waals surface area contributed by atoms with E-state index >= 15 is 0 Å². The van der Waals surface area contributed by atoms with Crippen LogP contribution in [0.25, 0.3) is 0 Å². The molecule has 0 spiro atoms. The van der Waals surface area contributed by atoms with Gasteiger partial charge in [0.15, 0.2) is 0 Å². The third kappa shape index (κ3) is 4.63. The molecule has 1 amide bonds. The monoisotopic (exact) mass is 354 g/mol. The lowest BCUT2D eigenvalue weighted by Gasteiger charge is -2.26. The molecule has 0 saturated heterocycles. The topological polar surface area (TPSA) is 32.3 Å². The maximum atomic E-state index is 13.8. The second-order valence-corrected chi connectivity index (χ2v) is 7.09. The van der Waals surface area contributed by atoms with Crippen LogP contribution in [0, 0.1) is 5.82 Å². The molecular weight excluding hydrogens is 327 g/mol. The number of carbonyl (C=O) groups is 1. The van der Waals surface area contributed by atoms with Crippen molar-refractivity contribution in [3.63, 3.8) is 0 Å². The molecule has 1 saturated carbocycles. The van der Waals surface area contributed by atoms with Crippen LogP contribution in [0.4, 0.5) is 10.1 Å². The predicted octanol–water partition coefficient (Wildman–Crippen LogP) is 4.89. The van der Waals surface area contributed by atoms with Crippen LogP contribution < -0.4 is 5.32 Å². The Labute approximate surface area is 155 Å². The van der Waals surface area contributed by atoms with Crippen molar-refractivity contribution in [3.05, 3.63) is 65.5 Å². The molecule has 0 aliphatic heterocycles. The third-order valence-electron chi connectivity index (χ3n) is 5.14. The molecule has 1 fully saturated rings. The maximum Gasteiger partial charge on any atom is 0.255 e. The maximum absolute atomic E-state index is 13.8. The molecule has 0 unspecified atom stereocenters. The van der Waals surface area contributed by atoms with Crippen LogP contribution in [0.5, 0.6) is 0 Å². The quantitative estimate of drug-likeness (QED) is 0.801. The summed E-state index contributed by atoms with van der Waals surface area (Å²) in [6.07, 6.45) is 6.62. The molecule has 0 aromatic heterocycles. The van der Waals surface area contributed by atoms with Crippen LogP contribution in [0.15, 0.2) is 48.5 Å². The van der Waals surface area contributed by atoms with Gasteiger partial charge in [0.1, 0.15) is 5.82 Å². The Morgan fingerprint density at radius 3 is 2.54 bits per heavy atom. The zero-order valence-electron chi connectivity index (χ0n) is 15.4. The first-order chi connectivity index (χ1) is 12.6. The fourth-order valence-electron chi connectivity index (χ4n) is 3.56. The van der Waals surface area contributed by atoms with Gasteiger partial charge < -0.3 is 10.2 Å². The number of para-hydroxylation sites is 1. The summed E-state index contributed by atoms with van der Waals surface area (Å²) in [7, 11) is 1.78. The molecule has 0 radical (unpaired) electrons. The van der Waals surface area contributed by atoms with Crippen LogP contribution in [0.3, 0.4) is 0 Å². The molecule has 0 atom stereocenters. The van der Waals surface area contributed by atoms with E-state index in [4.69, 9.17) is 0 Å². The van der Waals surface area contributed by atoms with E-state index in [0.29, 0.717) is 30.1 Å². The minimum absolute atomic E-state index is 0.0275. The van der Waals surface area contributed by atoms with Gasteiger partial charge in [0, 0.05) is 25.3 Å². The van der Waals surface area contributed by atoms with Crippen LogP contribution >= 0.6 is 0 Å². The van der Waals surface area contributed by atoms with E-state index in [1.54, 1.807) is 24.1 Å². The summed E-state index contributed by atoms with van der Waals surface area (Å²) < 4.78 is 13.8. The number of amides is 1. The molecule has 1 aliphatic rings. The third-order valence-corrected chi connectivity index (χ3v) is 5.14. The average Bonchev–Trinajstić information content (AvgIpc) is 2.68. The van der Waals surface area contributed by atoms with Crippen molar-refractivity contribution in [1.29, 1.82) is 0 Å². The van der Waals surface area contributed by atoms with Crippen molar-refractivity contribution in [3.8, 4) is 0 Å². The molecule has 1 N–H and O–H groups in total. The number of nitrogens with zero attached hydrogens (tertiary/aromatic N) is 1. The van der Waals surface area contributed by atoms with Gasteiger partial charge in [-0.25, -0.2) is 4.39 Å². The highest BCUT2D eigenvalue weighted by molar-refractivity contribution is 5.99. The van der Waals surface area contributed by atoms with E-state index in [0.717, 1.165) is 18.5 Å². The highest BCUT2D eigenvalue weighted by Crippen LogP contribution is 2.24. The predicted molar refractivity (Wildman–Crippen MR) is 104 cm³/mol. The lowest BCUT2D eigenvalue weighted by atomic mass is 9.95. The molecule has 1 aliphatic carbocycles. The number of hydrogen-bond donors (Lipinski definition) is 1. The lowest BCUT2D eigenvalue weighted by Crippen LogP contribution is -2.30. The lowest BCUT2D eigenvalue weighted by molar-refractivity contribution is 0.0797. The van der Waals surface area contributed by atoms with E-state index in [1.165, 1.54) is 25.3 Å². The first kappa shape index (κ1) is 18.4. The molecule has 0 heterocycles. The molecule has 2 aromatic rings. The Bertz CT molecular complexity index is 740. The fraction of sp³-hybridized carbons (Fsp3) is 0.409. The van der Waals surface area contributed by atoms with E-state index in [2.05, 4.69) is 5.32 Å². The molecule has 3 rings (SSSR count). The zero-order valence-corrected chi connectivity index (χ0v) is 15.4. The van der Waals surface area contributed by atoms with Gasteiger partial charge in [-0.05, 0) is 43.0 Å². The summed E-state index contributed by atoms with van der Waals surface area (Å²) in [5.74, 6) is -0.243. The second-order valence-electron chi connectivity index (χ2n) is 7.09. The molecule has 26 heavy (non-hydrogen) atoms. The van der Waals surface area contributed by atoms with Crippen LogP contribution in [-0.2, 0) is 6.42 Å². The standard InChI is InChI=1S/C22H27FN2O/c1-25(16-15-17-9-5-7-13-20(17)23)22(26)19-12-6-8-14-21(19)24-18-10-3-2-4-11-18/h5-9,12-14,18,24H,2-4,10-11,15-16H2,1H3. The normalized spacial score (nSPS) is 14.8. The summed E-state index contributed by atoms with van der Waals surface area (Å²) in [6.45, 7) is 0.484. The van der Waals surface area contributed by atoms with E-state index in [9.17, 15) is 9.18 Å². The fourth-order valence-corrected chi connectivity index (χ4v) is 3.56. The van der Waals surface area contributed by atoms with Crippen molar-refractivity contribution < 1.29 is 9.18 Å². The molecule has 4 heteroatoms. The number of anilines is 1. The van der Waals surface area contributed by atoms with E-state index in [1.807, 2.05) is 30.3 Å². The first-order valence-electron chi connectivity index (χ1n) is 9.49. The van der Waals surface area contributed by atoms with Crippen molar-refractivity contribution in [2.45, 2.75) is 44.6 Å². The molecular formula is C22H27FN2O. The molecule has 2 aromatic carbocycles. The number of hydrogen-bond acceptors (Lipinski definition) is 2. The number of rotatable bonds is 6. The number of nitrogens with one attached hydrogen (secondary N) is 1. The van der Waals surface area contributed by atoms with Crippen molar-refractivity contribution in [2.24, 2.45) is 0 Å². The van der Waals surface area contributed by atoms with Gasteiger partial charge in [0.05, 0.1) is 5.56 Å². The summed E-state index contributed by atoms with van der Waals surface area (Å²) in [4.78, 5) is 14.6. The van der Waals surface area contributed by atoms with Crippen molar-refractivity contribution in [1.82, 2.24) is 4.90 Å². The Balaban J connectivity index is 1.65. The smallest absolute Gasteiger partial charge is 0.255 e. The van der Waals surface area contributed by atoms with Gasteiger partial charge in [-0.2, -0.15) is 0 Å². The van der Waals surface area contributed by atoms with Gasteiger partial charge >= 0.3 is 0 Å². The van der Waals surface area contributed by atoms with Gasteiger partial charge in [-0.3, -0.25) is 4.79 Å².